The maximum Gasteiger partial charge on any atom is 0.0349 e. The minimum atomic E-state index is 0.532. The second kappa shape index (κ2) is 5.76. The number of thioether (sulfide) groups is 1. The van der Waals surface area contributed by atoms with Crippen molar-refractivity contribution in [3.05, 3.63) is 28.2 Å². The van der Waals surface area contributed by atoms with E-state index in [0.29, 0.717) is 12.0 Å². The molecule has 1 saturated carbocycles. The summed E-state index contributed by atoms with van der Waals surface area (Å²) >= 11 is 5.75. The third kappa shape index (κ3) is 3.18. The van der Waals surface area contributed by atoms with Gasteiger partial charge >= 0.3 is 0 Å². The van der Waals surface area contributed by atoms with Gasteiger partial charge in [0, 0.05) is 27.2 Å². The normalized spacial score (nSPS) is 27.9. The first-order valence-corrected chi connectivity index (χ1v) is 8.71. The topological polar surface area (TPSA) is 29.3 Å². The van der Waals surface area contributed by atoms with E-state index in [1.165, 1.54) is 34.2 Å². The summed E-state index contributed by atoms with van der Waals surface area (Å²) in [5, 5.41) is 0.859. The van der Waals surface area contributed by atoms with Crippen molar-refractivity contribution >= 4 is 27.7 Å². The molecule has 0 radical (unpaired) electrons. The Morgan fingerprint density at radius 3 is 2.79 bits per heavy atom. The van der Waals surface area contributed by atoms with Crippen LogP contribution in [0.25, 0.3) is 0 Å². The van der Waals surface area contributed by atoms with Gasteiger partial charge in [0.1, 0.15) is 0 Å². The van der Waals surface area contributed by atoms with Gasteiger partial charge < -0.3 is 5.73 Å². The van der Waals surface area contributed by atoms with Crippen molar-refractivity contribution in [1.29, 1.82) is 0 Å². The summed E-state index contributed by atoms with van der Waals surface area (Å²) in [4.78, 5) is 3.83. The summed E-state index contributed by atoms with van der Waals surface area (Å²) in [5.74, 6) is 0.647. The van der Waals surface area contributed by atoms with Gasteiger partial charge in [0.15, 0.2) is 0 Å². The van der Waals surface area contributed by atoms with Crippen molar-refractivity contribution in [1.82, 2.24) is 4.90 Å². The Bertz CT molecular complexity index is 461. The number of benzene rings is 1. The Morgan fingerprint density at radius 1 is 1.42 bits per heavy atom. The first-order valence-electron chi connectivity index (χ1n) is 7.03. The van der Waals surface area contributed by atoms with Crippen molar-refractivity contribution < 1.29 is 0 Å². The molecule has 3 rings (SSSR count). The molecule has 2 nitrogen and oxygen atoms in total. The van der Waals surface area contributed by atoms with Crippen molar-refractivity contribution in [2.75, 3.05) is 20.1 Å². The van der Waals surface area contributed by atoms with E-state index in [-0.39, 0.29) is 0 Å². The lowest BCUT2D eigenvalue weighted by Gasteiger charge is -2.20. The first-order chi connectivity index (χ1) is 9.17. The molecule has 1 aromatic carbocycles. The molecule has 1 saturated heterocycles. The third-order valence-electron chi connectivity index (χ3n) is 4.13. The fraction of sp³-hybridized carbons (Fsp3) is 0.600. The molecule has 1 aromatic rings. The minimum absolute atomic E-state index is 0.532. The summed E-state index contributed by atoms with van der Waals surface area (Å²) in [6, 6.07) is 7.43. The molecule has 2 atom stereocenters. The van der Waals surface area contributed by atoms with Gasteiger partial charge in [-0.05, 0) is 72.4 Å². The van der Waals surface area contributed by atoms with Crippen LogP contribution < -0.4 is 5.73 Å². The molecule has 0 bridgehead atoms. The van der Waals surface area contributed by atoms with Gasteiger partial charge in [-0.3, -0.25) is 4.90 Å². The van der Waals surface area contributed by atoms with Crippen LogP contribution >= 0.6 is 27.7 Å². The van der Waals surface area contributed by atoms with Crippen LogP contribution in [0, 0.1) is 5.92 Å². The van der Waals surface area contributed by atoms with E-state index in [2.05, 4.69) is 46.1 Å². The van der Waals surface area contributed by atoms with E-state index in [9.17, 15) is 0 Å². The summed E-state index contributed by atoms with van der Waals surface area (Å²) in [5.41, 5.74) is 7.23. The zero-order chi connectivity index (χ0) is 13.4. The van der Waals surface area contributed by atoms with E-state index in [0.717, 1.165) is 18.3 Å². The Hall–Kier alpha value is -0.0300. The fourth-order valence-corrected chi connectivity index (χ4v) is 4.58. The van der Waals surface area contributed by atoms with E-state index >= 15 is 0 Å². The molecule has 104 valence electrons. The highest BCUT2D eigenvalue weighted by Gasteiger charge is 2.30. The number of hydrogen-bond donors (Lipinski definition) is 1. The molecular weight excluding hydrogens is 320 g/mol. The lowest BCUT2D eigenvalue weighted by atomic mass is 10.00. The molecule has 2 N–H and O–H groups in total. The Kier molecular flexibility index (Phi) is 4.22. The summed E-state index contributed by atoms with van der Waals surface area (Å²) in [6.07, 6.45) is 3.94. The average molecular weight is 341 g/mol. The molecule has 1 aliphatic heterocycles. The molecule has 0 amide bonds. The van der Waals surface area contributed by atoms with Crippen molar-refractivity contribution in [3.8, 4) is 0 Å². The fourth-order valence-electron chi connectivity index (χ4n) is 2.85. The second-order valence-corrected chi connectivity index (χ2v) is 8.00. The highest BCUT2D eigenvalue weighted by molar-refractivity contribution is 9.10. The number of halogens is 1. The number of hydrogen-bond acceptors (Lipinski definition) is 3. The van der Waals surface area contributed by atoms with Crippen LogP contribution in [0.1, 0.15) is 30.9 Å². The highest BCUT2D eigenvalue weighted by Crippen LogP contribution is 2.43. The largest absolute Gasteiger partial charge is 0.330 e. The molecule has 2 fully saturated rings. The predicted octanol–water partition coefficient (Wildman–Crippen LogP) is 3.66. The van der Waals surface area contributed by atoms with E-state index in [4.69, 9.17) is 5.73 Å². The highest BCUT2D eigenvalue weighted by atomic mass is 79.9. The van der Waals surface area contributed by atoms with Gasteiger partial charge in [0.2, 0.25) is 0 Å². The van der Waals surface area contributed by atoms with Crippen molar-refractivity contribution in [2.45, 2.75) is 35.4 Å². The van der Waals surface area contributed by atoms with Crippen LogP contribution in [-0.2, 0) is 0 Å². The number of rotatable bonds is 4. The standard InChI is InChI=1S/C15H21BrN2S/c1-18-9-10(8-17)6-14(18)11-2-5-15(13(16)7-11)19-12-3-4-12/h2,5,7,10,12,14H,3-4,6,8-9,17H2,1H3. The smallest absolute Gasteiger partial charge is 0.0349 e. The lowest BCUT2D eigenvalue weighted by Crippen LogP contribution is -2.20. The van der Waals surface area contributed by atoms with Crippen LogP contribution in [-0.4, -0.2) is 30.3 Å². The van der Waals surface area contributed by atoms with Gasteiger partial charge in [-0.1, -0.05) is 6.07 Å². The van der Waals surface area contributed by atoms with E-state index in [1.54, 1.807) is 0 Å². The Morgan fingerprint density at radius 2 is 2.21 bits per heavy atom. The quantitative estimate of drug-likeness (QED) is 0.906. The molecule has 2 unspecified atom stereocenters. The molecule has 2 aliphatic rings. The van der Waals surface area contributed by atoms with Gasteiger partial charge in [0.25, 0.3) is 0 Å². The lowest BCUT2D eigenvalue weighted by molar-refractivity contribution is 0.313. The maximum atomic E-state index is 5.81. The molecular formula is C15H21BrN2S. The van der Waals surface area contributed by atoms with Crippen molar-refractivity contribution in [3.63, 3.8) is 0 Å². The van der Waals surface area contributed by atoms with Gasteiger partial charge in [-0.25, -0.2) is 0 Å². The number of nitrogens with two attached hydrogens (primary N) is 1. The van der Waals surface area contributed by atoms with Crippen LogP contribution in [0.15, 0.2) is 27.6 Å². The summed E-state index contributed by atoms with van der Waals surface area (Å²) in [7, 11) is 2.21. The van der Waals surface area contributed by atoms with Crippen LogP contribution in [0.4, 0.5) is 0 Å². The minimum Gasteiger partial charge on any atom is -0.330 e. The van der Waals surface area contributed by atoms with Gasteiger partial charge in [0.05, 0.1) is 0 Å². The zero-order valence-corrected chi connectivity index (χ0v) is 13.7. The molecule has 19 heavy (non-hydrogen) atoms. The van der Waals surface area contributed by atoms with E-state index < -0.39 is 0 Å². The summed E-state index contributed by atoms with van der Waals surface area (Å²) < 4.78 is 1.26. The second-order valence-electron chi connectivity index (χ2n) is 5.80. The molecule has 1 heterocycles. The van der Waals surface area contributed by atoms with Crippen LogP contribution in [0.2, 0.25) is 0 Å². The average Bonchev–Trinajstić information content (AvgIpc) is 3.13. The summed E-state index contributed by atoms with van der Waals surface area (Å²) in [6.45, 7) is 1.93. The maximum absolute atomic E-state index is 5.81. The zero-order valence-electron chi connectivity index (χ0n) is 11.3. The van der Waals surface area contributed by atoms with Gasteiger partial charge in [-0.2, -0.15) is 0 Å². The predicted molar refractivity (Wildman–Crippen MR) is 85.6 cm³/mol. The molecule has 4 heteroatoms. The first kappa shape index (κ1) is 13.9. The van der Waals surface area contributed by atoms with Crippen LogP contribution in [0.3, 0.4) is 0 Å². The SMILES string of the molecule is CN1CC(CN)CC1c1ccc(SC2CC2)c(Br)c1. The third-order valence-corrected chi connectivity index (χ3v) is 6.46. The Balaban J connectivity index is 1.75. The number of likely N-dealkylation sites (tertiary alicyclic amines) is 1. The Labute approximate surface area is 128 Å². The van der Waals surface area contributed by atoms with E-state index in [1.807, 2.05) is 11.8 Å². The number of nitrogens with zero attached hydrogens (tertiary/aromatic N) is 1. The monoisotopic (exact) mass is 340 g/mol. The van der Waals surface area contributed by atoms with Gasteiger partial charge in [-0.15, -0.1) is 11.8 Å². The molecule has 1 aliphatic carbocycles. The van der Waals surface area contributed by atoms with Crippen LogP contribution in [0.5, 0.6) is 0 Å². The molecule has 0 spiro atoms. The van der Waals surface area contributed by atoms with Crippen molar-refractivity contribution in [2.24, 2.45) is 11.7 Å². The molecule has 0 aromatic heterocycles.